The fourth-order valence-electron chi connectivity index (χ4n) is 2.84. The van der Waals surface area contributed by atoms with Crippen molar-refractivity contribution >= 4 is 55.9 Å². The number of anilines is 1. The Bertz CT molecular complexity index is 804. The Labute approximate surface area is 163 Å². The van der Waals surface area contributed by atoms with Crippen molar-refractivity contribution in [2.45, 2.75) is 25.0 Å². The molecule has 1 amide bonds. The summed E-state index contributed by atoms with van der Waals surface area (Å²) in [6.45, 7) is 0. The summed E-state index contributed by atoms with van der Waals surface area (Å²) in [4.78, 5) is 25.6. The number of amides is 1. The van der Waals surface area contributed by atoms with E-state index >= 15 is 0 Å². The molecule has 3 rings (SSSR count). The second kappa shape index (κ2) is 8.38. The van der Waals surface area contributed by atoms with Crippen LogP contribution in [0.4, 0.5) is 5.00 Å². The number of fused-ring (bicyclic) bond motifs is 1. The van der Waals surface area contributed by atoms with Gasteiger partial charge in [0.25, 0.3) is 0 Å². The summed E-state index contributed by atoms with van der Waals surface area (Å²) in [5, 5.41) is 3.53. The van der Waals surface area contributed by atoms with Crippen LogP contribution in [0.2, 0.25) is 0 Å². The number of rotatable bonds is 6. The van der Waals surface area contributed by atoms with Crippen molar-refractivity contribution in [1.82, 2.24) is 0 Å². The van der Waals surface area contributed by atoms with Crippen LogP contribution in [0.15, 0.2) is 28.7 Å². The van der Waals surface area contributed by atoms with Gasteiger partial charge in [0.05, 0.1) is 18.4 Å². The molecular weight excluding hydrogens is 422 g/mol. The number of carbonyl (C=O) groups excluding carboxylic acids is 2. The molecule has 132 valence electrons. The fraction of sp³-hybridized carbons (Fsp3) is 0.333. The third-order valence-corrected chi connectivity index (χ3v) is 6.97. The van der Waals surface area contributed by atoms with Gasteiger partial charge in [0.1, 0.15) is 5.00 Å². The van der Waals surface area contributed by atoms with Crippen LogP contribution in [-0.4, -0.2) is 24.7 Å². The number of halogens is 1. The number of esters is 1. The van der Waals surface area contributed by atoms with Gasteiger partial charge >= 0.3 is 5.97 Å². The average Bonchev–Trinajstić information content (AvgIpc) is 3.16. The van der Waals surface area contributed by atoms with E-state index < -0.39 is 0 Å². The summed E-state index contributed by atoms with van der Waals surface area (Å²) in [5.74, 6) is 0.627. The van der Waals surface area contributed by atoms with Gasteiger partial charge in [0.15, 0.2) is 0 Å². The summed E-state index contributed by atoms with van der Waals surface area (Å²) in [5.41, 5.74) is 2.75. The van der Waals surface area contributed by atoms with E-state index in [4.69, 9.17) is 4.74 Å². The second-order valence-electron chi connectivity index (χ2n) is 5.69. The molecule has 0 spiro atoms. The van der Waals surface area contributed by atoms with E-state index in [0.29, 0.717) is 16.3 Å². The highest BCUT2D eigenvalue weighted by Crippen LogP contribution is 2.39. The van der Waals surface area contributed by atoms with Crippen molar-refractivity contribution in [3.8, 4) is 0 Å². The lowest BCUT2D eigenvalue weighted by molar-refractivity contribution is -0.113. The fourth-order valence-corrected chi connectivity index (χ4v) is 5.58. The third kappa shape index (κ3) is 4.27. The Morgan fingerprint density at radius 2 is 2.12 bits per heavy atom. The molecule has 25 heavy (non-hydrogen) atoms. The van der Waals surface area contributed by atoms with Crippen LogP contribution in [0.25, 0.3) is 0 Å². The highest BCUT2D eigenvalue weighted by atomic mass is 79.9. The molecule has 0 unspecified atom stereocenters. The van der Waals surface area contributed by atoms with Crippen molar-refractivity contribution in [1.29, 1.82) is 0 Å². The number of carbonyl (C=O) groups is 2. The molecule has 0 fully saturated rings. The van der Waals surface area contributed by atoms with Gasteiger partial charge in [-0.2, -0.15) is 0 Å². The van der Waals surface area contributed by atoms with Gasteiger partial charge in [-0.05, 0) is 36.5 Å². The number of benzene rings is 1. The number of aryl methyl sites for hydroxylation is 1. The zero-order valence-electron chi connectivity index (χ0n) is 13.8. The molecule has 2 aromatic rings. The molecule has 0 atom stereocenters. The van der Waals surface area contributed by atoms with Crippen molar-refractivity contribution in [3.63, 3.8) is 0 Å². The maximum absolute atomic E-state index is 12.3. The monoisotopic (exact) mass is 439 g/mol. The van der Waals surface area contributed by atoms with E-state index in [1.165, 1.54) is 23.3 Å². The highest BCUT2D eigenvalue weighted by Gasteiger charge is 2.27. The van der Waals surface area contributed by atoms with Crippen molar-refractivity contribution < 1.29 is 14.3 Å². The molecule has 4 nitrogen and oxygen atoms in total. The second-order valence-corrected chi connectivity index (χ2v) is 8.63. The Kier molecular flexibility index (Phi) is 6.19. The van der Waals surface area contributed by atoms with E-state index in [9.17, 15) is 9.59 Å². The SMILES string of the molecule is COC(=O)c1c(NC(=O)CSCc2ccccc2Br)sc2c1CCC2. The van der Waals surface area contributed by atoms with Gasteiger partial charge in [-0.1, -0.05) is 34.1 Å². The average molecular weight is 440 g/mol. The molecule has 1 heterocycles. The normalized spacial score (nSPS) is 12.7. The Balaban J connectivity index is 1.62. The van der Waals surface area contributed by atoms with Gasteiger partial charge in [0, 0.05) is 15.1 Å². The molecule has 1 N–H and O–H groups in total. The van der Waals surface area contributed by atoms with Crippen molar-refractivity contribution in [2.75, 3.05) is 18.2 Å². The van der Waals surface area contributed by atoms with E-state index in [1.54, 1.807) is 11.8 Å². The first-order valence-electron chi connectivity index (χ1n) is 7.94. The lowest BCUT2D eigenvalue weighted by Gasteiger charge is -2.07. The summed E-state index contributed by atoms with van der Waals surface area (Å²) in [7, 11) is 1.38. The van der Waals surface area contributed by atoms with Crippen LogP contribution in [0.5, 0.6) is 0 Å². The summed E-state index contributed by atoms with van der Waals surface area (Å²) < 4.78 is 5.95. The summed E-state index contributed by atoms with van der Waals surface area (Å²) in [6, 6.07) is 7.98. The lowest BCUT2D eigenvalue weighted by atomic mass is 10.1. The van der Waals surface area contributed by atoms with Gasteiger partial charge in [-0.25, -0.2) is 4.79 Å². The molecule has 0 aliphatic heterocycles. The van der Waals surface area contributed by atoms with Crippen molar-refractivity contribution in [3.05, 3.63) is 50.3 Å². The van der Waals surface area contributed by atoms with E-state index in [-0.39, 0.29) is 11.9 Å². The number of hydrogen-bond acceptors (Lipinski definition) is 5. The standard InChI is InChI=1S/C18H18BrNO3S2/c1-23-18(22)16-12-6-4-8-14(12)25-17(16)20-15(21)10-24-9-11-5-2-3-7-13(11)19/h2-3,5,7H,4,6,8-10H2,1H3,(H,20,21). The molecule has 1 aromatic carbocycles. The molecular formula is C18H18BrNO3S2. The van der Waals surface area contributed by atoms with Gasteiger partial charge < -0.3 is 10.1 Å². The number of hydrogen-bond donors (Lipinski definition) is 1. The number of thioether (sulfide) groups is 1. The van der Waals surface area contributed by atoms with Crippen LogP contribution >= 0.6 is 39.0 Å². The Hall–Kier alpha value is -1.31. The summed E-state index contributed by atoms with van der Waals surface area (Å²) >= 11 is 6.56. The number of ether oxygens (including phenoxy) is 1. The van der Waals surface area contributed by atoms with Crippen molar-refractivity contribution in [2.24, 2.45) is 0 Å². The highest BCUT2D eigenvalue weighted by molar-refractivity contribution is 9.10. The maximum atomic E-state index is 12.3. The third-order valence-electron chi connectivity index (χ3n) is 4.01. The minimum atomic E-state index is -0.365. The zero-order valence-corrected chi connectivity index (χ0v) is 17.0. The van der Waals surface area contributed by atoms with Gasteiger partial charge in [-0.3, -0.25) is 4.79 Å². The molecule has 0 radical (unpaired) electrons. The predicted molar refractivity (Wildman–Crippen MR) is 107 cm³/mol. The maximum Gasteiger partial charge on any atom is 0.341 e. The summed E-state index contributed by atoms with van der Waals surface area (Å²) in [6.07, 6.45) is 2.90. The minimum Gasteiger partial charge on any atom is -0.465 e. The topological polar surface area (TPSA) is 55.4 Å². The Morgan fingerprint density at radius 3 is 2.88 bits per heavy atom. The number of thiophene rings is 1. The van der Waals surface area contributed by atoms with Gasteiger partial charge in [0.2, 0.25) is 5.91 Å². The molecule has 1 aromatic heterocycles. The lowest BCUT2D eigenvalue weighted by Crippen LogP contribution is -2.16. The minimum absolute atomic E-state index is 0.0952. The molecule has 7 heteroatoms. The first-order chi connectivity index (χ1) is 12.1. The Morgan fingerprint density at radius 1 is 1.32 bits per heavy atom. The molecule has 0 saturated carbocycles. The van der Waals surface area contributed by atoms with Crippen LogP contribution in [0.3, 0.4) is 0 Å². The largest absolute Gasteiger partial charge is 0.465 e. The molecule has 1 aliphatic carbocycles. The van der Waals surface area contributed by atoms with Crippen LogP contribution < -0.4 is 5.32 Å². The predicted octanol–water partition coefficient (Wildman–Crippen LogP) is 4.66. The molecule has 0 bridgehead atoms. The molecule has 1 aliphatic rings. The van der Waals surface area contributed by atoms with E-state index in [0.717, 1.165) is 40.6 Å². The zero-order chi connectivity index (χ0) is 17.8. The van der Waals surface area contributed by atoms with Crippen LogP contribution in [-0.2, 0) is 28.1 Å². The number of methoxy groups -OCH3 is 1. The van der Waals surface area contributed by atoms with Crippen LogP contribution in [0.1, 0.15) is 32.8 Å². The smallest absolute Gasteiger partial charge is 0.341 e. The number of nitrogens with one attached hydrogen (secondary N) is 1. The van der Waals surface area contributed by atoms with E-state index in [2.05, 4.69) is 21.2 Å². The quantitative estimate of drug-likeness (QED) is 0.664. The first kappa shape index (κ1) is 18.5. The molecule has 0 saturated heterocycles. The first-order valence-corrected chi connectivity index (χ1v) is 10.7. The van der Waals surface area contributed by atoms with E-state index in [1.807, 2.05) is 24.3 Å². The van der Waals surface area contributed by atoms with Gasteiger partial charge in [-0.15, -0.1) is 23.1 Å². The van der Waals surface area contributed by atoms with Crippen LogP contribution in [0, 0.1) is 0 Å².